The monoisotopic (exact) mass is 266 g/mol. The van der Waals surface area contributed by atoms with E-state index in [1.807, 2.05) is 18.4 Å². The molecule has 0 radical (unpaired) electrons. The van der Waals surface area contributed by atoms with Crippen LogP contribution in [0.25, 0.3) is 10.2 Å². The van der Waals surface area contributed by atoms with E-state index in [2.05, 4.69) is 20.6 Å². The molecule has 6 heteroatoms. The Hall–Kier alpha value is -1.40. The topological polar surface area (TPSA) is 70.1 Å². The summed E-state index contributed by atoms with van der Waals surface area (Å²) in [6.45, 7) is 3.88. The van der Waals surface area contributed by atoms with Gasteiger partial charge >= 0.3 is 0 Å². The van der Waals surface area contributed by atoms with Crippen molar-refractivity contribution in [3.63, 3.8) is 0 Å². The first-order valence-electron chi connectivity index (χ1n) is 6.19. The summed E-state index contributed by atoms with van der Waals surface area (Å²) in [6.07, 6.45) is 1.74. The molecule has 0 saturated heterocycles. The second-order valence-corrected chi connectivity index (χ2v) is 4.82. The number of nitrogens with one attached hydrogen (secondary N) is 2. The number of aromatic nitrogens is 2. The molecule has 2 aromatic rings. The van der Waals surface area contributed by atoms with Gasteiger partial charge in [-0.15, -0.1) is 11.3 Å². The molecule has 0 unspecified atom stereocenters. The van der Waals surface area contributed by atoms with Gasteiger partial charge in [-0.05, 0) is 31.2 Å². The fourth-order valence-electron chi connectivity index (χ4n) is 1.67. The summed E-state index contributed by atoms with van der Waals surface area (Å²) in [4.78, 5) is 9.91. The molecule has 2 rings (SSSR count). The van der Waals surface area contributed by atoms with Crippen molar-refractivity contribution in [1.82, 2.24) is 9.97 Å². The molecule has 0 aliphatic heterocycles. The van der Waals surface area contributed by atoms with Gasteiger partial charge in [0, 0.05) is 19.7 Å². The van der Waals surface area contributed by atoms with Gasteiger partial charge in [-0.2, -0.15) is 4.98 Å². The standard InChI is InChI=1S/C12H18N4OS/c1-2-13-12-15-10(14-6-3-4-7-17)9-5-8-18-11(9)16-12/h5,8,17H,2-4,6-7H2,1H3,(H2,13,14,15,16). The average molecular weight is 266 g/mol. The Labute approximate surface area is 110 Å². The van der Waals surface area contributed by atoms with Crippen molar-refractivity contribution in [2.45, 2.75) is 19.8 Å². The zero-order valence-corrected chi connectivity index (χ0v) is 11.3. The summed E-state index contributed by atoms with van der Waals surface area (Å²) in [5.41, 5.74) is 0. The van der Waals surface area contributed by atoms with E-state index in [4.69, 9.17) is 5.11 Å². The molecule has 2 aromatic heterocycles. The van der Waals surface area contributed by atoms with Crippen molar-refractivity contribution in [1.29, 1.82) is 0 Å². The number of aliphatic hydroxyl groups excluding tert-OH is 1. The predicted octanol–water partition coefficient (Wildman–Crippen LogP) is 2.31. The molecule has 0 aliphatic carbocycles. The van der Waals surface area contributed by atoms with E-state index in [0.717, 1.165) is 42.0 Å². The minimum atomic E-state index is 0.238. The maximum absolute atomic E-state index is 8.75. The molecule has 0 aromatic carbocycles. The van der Waals surface area contributed by atoms with Crippen molar-refractivity contribution < 1.29 is 5.11 Å². The molecule has 3 N–H and O–H groups in total. The molecule has 0 amide bonds. The molecule has 0 saturated carbocycles. The molecular formula is C12H18N4OS. The van der Waals surface area contributed by atoms with Gasteiger partial charge in [0.15, 0.2) is 0 Å². The first-order valence-corrected chi connectivity index (χ1v) is 7.07. The molecule has 98 valence electrons. The number of nitrogens with zero attached hydrogens (tertiary/aromatic N) is 2. The van der Waals surface area contributed by atoms with E-state index >= 15 is 0 Å². The van der Waals surface area contributed by atoms with Crippen LogP contribution < -0.4 is 10.6 Å². The van der Waals surface area contributed by atoms with Crippen LogP contribution in [0.15, 0.2) is 11.4 Å². The van der Waals surface area contributed by atoms with Gasteiger partial charge < -0.3 is 15.7 Å². The Bertz CT molecular complexity index is 500. The van der Waals surface area contributed by atoms with Crippen molar-refractivity contribution in [3.05, 3.63) is 11.4 Å². The van der Waals surface area contributed by atoms with E-state index in [1.54, 1.807) is 11.3 Å². The fourth-order valence-corrected chi connectivity index (χ4v) is 2.43. The van der Waals surface area contributed by atoms with E-state index in [0.29, 0.717) is 5.95 Å². The Morgan fingerprint density at radius 1 is 1.28 bits per heavy atom. The highest BCUT2D eigenvalue weighted by Crippen LogP contribution is 2.26. The van der Waals surface area contributed by atoms with Crippen molar-refractivity contribution in [2.75, 3.05) is 30.3 Å². The number of thiophene rings is 1. The Kier molecular flexibility index (Phi) is 4.72. The molecule has 2 heterocycles. The molecule has 5 nitrogen and oxygen atoms in total. The highest BCUT2D eigenvalue weighted by Gasteiger charge is 2.07. The fraction of sp³-hybridized carbons (Fsp3) is 0.500. The van der Waals surface area contributed by atoms with Crippen molar-refractivity contribution in [3.8, 4) is 0 Å². The number of hydrogen-bond acceptors (Lipinski definition) is 6. The number of anilines is 2. The van der Waals surface area contributed by atoms with Crippen molar-refractivity contribution >= 4 is 33.3 Å². The number of hydrogen-bond donors (Lipinski definition) is 3. The molecule has 0 bridgehead atoms. The first kappa shape index (κ1) is 13.0. The summed E-state index contributed by atoms with van der Waals surface area (Å²) < 4.78 is 0. The van der Waals surface area contributed by atoms with E-state index in [-0.39, 0.29) is 6.61 Å². The summed E-state index contributed by atoms with van der Waals surface area (Å²) in [5, 5.41) is 18.3. The highest BCUT2D eigenvalue weighted by atomic mass is 32.1. The second kappa shape index (κ2) is 6.51. The number of fused-ring (bicyclic) bond motifs is 1. The molecule has 0 spiro atoms. The van der Waals surface area contributed by atoms with Crippen LogP contribution in [-0.2, 0) is 0 Å². The van der Waals surface area contributed by atoms with Gasteiger partial charge in [0.1, 0.15) is 10.6 Å². The third-order valence-corrected chi connectivity index (χ3v) is 3.34. The quantitative estimate of drug-likeness (QED) is 0.671. The number of aliphatic hydroxyl groups is 1. The van der Waals surface area contributed by atoms with Gasteiger partial charge in [0.2, 0.25) is 5.95 Å². The normalized spacial score (nSPS) is 10.8. The lowest BCUT2D eigenvalue weighted by atomic mass is 10.3. The Balaban J connectivity index is 2.15. The Morgan fingerprint density at radius 2 is 2.17 bits per heavy atom. The molecule has 0 atom stereocenters. The molecular weight excluding hydrogens is 248 g/mol. The van der Waals surface area contributed by atoms with E-state index < -0.39 is 0 Å². The van der Waals surface area contributed by atoms with Crippen LogP contribution in [0.5, 0.6) is 0 Å². The predicted molar refractivity (Wildman–Crippen MR) is 76.4 cm³/mol. The summed E-state index contributed by atoms with van der Waals surface area (Å²) in [5.74, 6) is 1.53. The maximum Gasteiger partial charge on any atom is 0.226 e. The maximum atomic E-state index is 8.75. The van der Waals surface area contributed by atoms with Crippen LogP contribution >= 0.6 is 11.3 Å². The van der Waals surface area contributed by atoms with Crippen LogP contribution in [0.1, 0.15) is 19.8 Å². The van der Waals surface area contributed by atoms with Crippen LogP contribution in [0.2, 0.25) is 0 Å². The summed E-state index contributed by atoms with van der Waals surface area (Å²) in [6, 6.07) is 2.03. The van der Waals surface area contributed by atoms with Gasteiger partial charge in [0.05, 0.1) is 5.39 Å². The molecule has 0 fully saturated rings. The number of unbranched alkanes of at least 4 members (excludes halogenated alkanes) is 1. The largest absolute Gasteiger partial charge is 0.396 e. The van der Waals surface area contributed by atoms with Crippen molar-refractivity contribution in [2.24, 2.45) is 0 Å². The zero-order chi connectivity index (χ0) is 12.8. The van der Waals surface area contributed by atoms with Gasteiger partial charge in [-0.3, -0.25) is 0 Å². The van der Waals surface area contributed by atoms with Crippen LogP contribution in [0, 0.1) is 0 Å². The number of rotatable bonds is 7. The summed E-state index contributed by atoms with van der Waals surface area (Å²) in [7, 11) is 0. The van der Waals surface area contributed by atoms with Gasteiger partial charge in [0.25, 0.3) is 0 Å². The zero-order valence-electron chi connectivity index (χ0n) is 10.4. The molecule has 18 heavy (non-hydrogen) atoms. The van der Waals surface area contributed by atoms with E-state index in [9.17, 15) is 0 Å². The third-order valence-electron chi connectivity index (χ3n) is 2.54. The highest BCUT2D eigenvalue weighted by molar-refractivity contribution is 7.16. The molecule has 0 aliphatic rings. The smallest absolute Gasteiger partial charge is 0.226 e. The average Bonchev–Trinajstić information content (AvgIpc) is 2.83. The minimum absolute atomic E-state index is 0.238. The van der Waals surface area contributed by atoms with Gasteiger partial charge in [-0.25, -0.2) is 4.98 Å². The lowest BCUT2D eigenvalue weighted by molar-refractivity contribution is 0.286. The van der Waals surface area contributed by atoms with Crippen LogP contribution in [0.4, 0.5) is 11.8 Å². The SMILES string of the molecule is CCNc1nc(NCCCCO)c2ccsc2n1. The van der Waals surface area contributed by atoms with E-state index in [1.165, 1.54) is 0 Å². The lowest BCUT2D eigenvalue weighted by Gasteiger charge is -2.08. The third kappa shape index (κ3) is 3.08. The van der Waals surface area contributed by atoms with Crippen LogP contribution in [0.3, 0.4) is 0 Å². The summed E-state index contributed by atoms with van der Waals surface area (Å²) >= 11 is 1.61. The first-order chi connectivity index (χ1) is 8.85. The van der Waals surface area contributed by atoms with Gasteiger partial charge in [-0.1, -0.05) is 0 Å². The Morgan fingerprint density at radius 3 is 2.94 bits per heavy atom. The lowest BCUT2D eigenvalue weighted by Crippen LogP contribution is -2.08. The minimum Gasteiger partial charge on any atom is -0.396 e. The second-order valence-electron chi connectivity index (χ2n) is 3.92. The van der Waals surface area contributed by atoms with Crippen LogP contribution in [-0.4, -0.2) is 34.8 Å².